The molecule has 0 aromatic heterocycles. The van der Waals surface area contributed by atoms with Crippen LogP contribution in [0.4, 0.5) is 0 Å². The van der Waals surface area contributed by atoms with Crippen molar-refractivity contribution in [2.75, 3.05) is 26.4 Å². The SMILES string of the molecule is CC(C)(C1CCCO1)C1CCCO1.OCC1CCCO1. The van der Waals surface area contributed by atoms with Gasteiger partial charge in [-0.25, -0.2) is 0 Å². The van der Waals surface area contributed by atoms with Crippen LogP contribution < -0.4 is 0 Å². The Morgan fingerprint density at radius 3 is 1.65 bits per heavy atom. The molecule has 0 spiro atoms. The average molecular weight is 286 g/mol. The Bertz CT molecular complexity index is 244. The number of rotatable bonds is 3. The highest BCUT2D eigenvalue weighted by Gasteiger charge is 2.41. The minimum atomic E-state index is 0.153. The molecule has 3 fully saturated rings. The second kappa shape index (κ2) is 7.74. The molecule has 4 heteroatoms. The van der Waals surface area contributed by atoms with Gasteiger partial charge in [-0.1, -0.05) is 13.8 Å². The van der Waals surface area contributed by atoms with Gasteiger partial charge in [0.15, 0.2) is 0 Å². The molecule has 0 aromatic carbocycles. The van der Waals surface area contributed by atoms with Crippen molar-refractivity contribution in [1.29, 1.82) is 0 Å². The summed E-state index contributed by atoms with van der Waals surface area (Å²) in [6.07, 6.45) is 8.04. The van der Waals surface area contributed by atoms with E-state index in [-0.39, 0.29) is 18.1 Å². The zero-order valence-electron chi connectivity index (χ0n) is 13.0. The van der Waals surface area contributed by atoms with E-state index in [0.29, 0.717) is 12.2 Å². The number of hydrogen-bond donors (Lipinski definition) is 1. The van der Waals surface area contributed by atoms with Crippen molar-refractivity contribution in [3.8, 4) is 0 Å². The molecule has 3 aliphatic rings. The molecular formula is C16H30O4. The Morgan fingerprint density at radius 1 is 0.850 bits per heavy atom. The van der Waals surface area contributed by atoms with Gasteiger partial charge in [0.1, 0.15) is 0 Å². The molecule has 0 saturated carbocycles. The lowest BCUT2D eigenvalue weighted by molar-refractivity contribution is -0.0681. The van der Waals surface area contributed by atoms with Gasteiger partial charge in [-0.2, -0.15) is 0 Å². The topological polar surface area (TPSA) is 47.9 Å². The largest absolute Gasteiger partial charge is 0.394 e. The molecule has 0 aliphatic carbocycles. The molecule has 20 heavy (non-hydrogen) atoms. The maximum atomic E-state index is 8.44. The minimum absolute atomic E-state index is 0.153. The van der Waals surface area contributed by atoms with E-state index >= 15 is 0 Å². The lowest BCUT2D eigenvalue weighted by Crippen LogP contribution is -2.39. The van der Waals surface area contributed by atoms with Gasteiger partial charge < -0.3 is 19.3 Å². The van der Waals surface area contributed by atoms with Gasteiger partial charge in [-0.15, -0.1) is 0 Å². The smallest absolute Gasteiger partial charge is 0.0806 e. The van der Waals surface area contributed by atoms with Gasteiger partial charge in [0.2, 0.25) is 0 Å². The first-order valence-corrected chi connectivity index (χ1v) is 8.10. The number of ether oxygens (including phenoxy) is 3. The molecule has 3 unspecified atom stereocenters. The van der Waals surface area contributed by atoms with Gasteiger partial charge >= 0.3 is 0 Å². The first-order valence-electron chi connectivity index (χ1n) is 8.10. The number of aliphatic hydroxyl groups excluding tert-OH is 1. The molecule has 0 aromatic rings. The van der Waals surface area contributed by atoms with E-state index < -0.39 is 0 Å². The third kappa shape index (κ3) is 4.17. The molecule has 0 bridgehead atoms. The van der Waals surface area contributed by atoms with E-state index in [9.17, 15) is 0 Å². The minimum Gasteiger partial charge on any atom is -0.394 e. The van der Waals surface area contributed by atoms with Crippen molar-refractivity contribution >= 4 is 0 Å². The Balaban J connectivity index is 0.000000178. The molecule has 118 valence electrons. The summed E-state index contributed by atoms with van der Waals surface area (Å²) in [6, 6.07) is 0. The van der Waals surface area contributed by atoms with Crippen LogP contribution in [-0.2, 0) is 14.2 Å². The molecule has 3 heterocycles. The Hall–Kier alpha value is -0.160. The zero-order chi connectivity index (χ0) is 14.4. The highest BCUT2D eigenvalue weighted by atomic mass is 16.5. The highest BCUT2D eigenvalue weighted by Crippen LogP contribution is 2.39. The molecule has 3 aliphatic heterocycles. The zero-order valence-corrected chi connectivity index (χ0v) is 13.0. The quantitative estimate of drug-likeness (QED) is 0.866. The molecule has 3 atom stereocenters. The van der Waals surface area contributed by atoms with E-state index in [4.69, 9.17) is 19.3 Å². The summed E-state index contributed by atoms with van der Waals surface area (Å²) in [5, 5.41) is 8.44. The average Bonchev–Trinajstić information content (AvgIpc) is 3.19. The molecule has 3 rings (SSSR count). The predicted molar refractivity (Wildman–Crippen MR) is 77.8 cm³/mol. The van der Waals surface area contributed by atoms with Crippen LogP contribution >= 0.6 is 0 Å². The van der Waals surface area contributed by atoms with Crippen LogP contribution in [-0.4, -0.2) is 49.8 Å². The summed E-state index contributed by atoms with van der Waals surface area (Å²) < 4.78 is 16.6. The Morgan fingerprint density at radius 2 is 1.35 bits per heavy atom. The molecule has 1 N–H and O–H groups in total. The van der Waals surface area contributed by atoms with E-state index in [1.165, 1.54) is 25.7 Å². The van der Waals surface area contributed by atoms with Crippen molar-refractivity contribution in [3.63, 3.8) is 0 Å². The predicted octanol–water partition coefficient (Wildman–Crippen LogP) is 2.53. The standard InChI is InChI=1S/C11H20O2.C5H10O2/c1-11(2,9-5-3-7-12-9)10-6-4-8-13-10;6-4-5-2-1-3-7-5/h9-10H,3-8H2,1-2H3;5-6H,1-4H2. The van der Waals surface area contributed by atoms with Crippen LogP contribution in [0.25, 0.3) is 0 Å². The van der Waals surface area contributed by atoms with E-state index in [1.807, 2.05) is 0 Å². The molecule has 0 amide bonds. The van der Waals surface area contributed by atoms with Crippen molar-refractivity contribution in [2.45, 2.75) is 70.7 Å². The second-order valence-electron chi connectivity index (χ2n) is 6.64. The third-order valence-corrected chi connectivity index (χ3v) is 4.75. The van der Waals surface area contributed by atoms with Crippen LogP contribution in [0.1, 0.15) is 52.4 Å². The van der Waals surface area contributed by atoms with Gasteiger partial charge in [-0.05, 0) is 38.5 Å². The molecular weight excluding hydrogens is 256 g/mol. The monoisotopic (exact) mass is 286 g/mol. The van der Waals surface area contributed by atoms with Gasteiger partial charge in [0, 0.05) is 25.2 Å². The fourth-order valence-corrected chi connectivity index (χ4v) is 3.32. The summed E-state index contributed by atoms with van der Waals surface area (Å²) in [4.78, 5) is 0. The Kier molecular flexibility index (Phi) is 6.27. The summed E-state index contributed by atoms with van der Waals surface area (Å²) in [5.74, 6) is 0. The number of aliphatic hydroxyl groups is 1. The van der Waals surface area contributed by atoms with Crippen LogP contribution in [0.15, 0.2) is 0 Å². The summed E-state index contributed by atoms with van der Waals surface area (Å²) >= 11 is 0. The molecule has 3 saturated heterocycles. The van der Waals surface area contributed by atoms with E-state index in [1.54, 1.807) is 0 Å². The van der Waals surface area contributed by atoms with E-state index in [0.717, 1.165) is 32.7 Å². The first-order chi connectivity index (χ1) is 9.64. The van der Waals surface area contributed by atoms with Gasteiger partial charge in [0.25, 0.3) is 0 Å². The lowest BCUT2D eigenvalue weighted by atomic mass is 9.78. The van der Waals surface area contributed by atoms with Crippen molar-refractivity contribution in [1.82, 2.24) is 0 Å². The first kappa shape index (κ1) is 16.2. The molecule has 4 nitrogen and oxygen atoms in total. The maximum absolute atomic E-state index is 8.44. The summed E-state index contributed by atoms with van der Waals surface area (Å²) in [7, 11) is 0. The van der Waals surface area contributed by atoms with Crippen molar-refractivity contribution in [2.24, 2.45) is 5.41 Å². The maximum Gasteiger partial charge on any atom is 0.0806 e. The third-order valence-electron chi connectivity index (χ3n) is 4.75. The fraction of sp³-hybridized carbons (Fsp3) is 1.00. The van der Waals surface area contributed by atoms with Crippen LogP contribution in [0.2, 0.25) is 0 Å². The summed E-state index contributed by atoms with van der Waals surface area (Å²) in [6.45, 7) is 7.50. The number of hydrogen-bond acceptors (Lipinski definition) is 4. The highest BCUT2D eigenvalue weighted by molar-refractivity contribution is 4.90. The van der Waals surface area contributed by atoms with Crippen LogP contribution in [0, 0.1) is 5.41 Å². The normalized spacial score (nSPS) is 34.0. The van der Waals surface area contributed by atoms with Crippen LogP contribution in [0.3, 0.4) is 0 Å². The molecule has 0 radical (unpaired) electrons. The lowest BCUT2D eigenvalue weighted by Gasteiger charge is -2.35. The van der Waals surface area contributed by atoms with Crippen molar-refractivity contribution in [3.05, 3.63) is 0 Å². The van der Waals surface area contributed by atoms with Gasteiger partial charge in [-0.3, -0.25) is 0 Å². The second-order valence-corrected chi connectivity index (χ2v) is 6.64. The van der Waals surface area contributed by atoms with E-state index in [2.05, 4.69) is 13.8 Å². The van der Waals surface area contributed by atoms with Gasteiger partial charge in [0.05, 0.1) is 24.9 Å². The Labute approximate surface area is 122 Å². The fourth-order valence-electron chi connectivity index (χ4n) is 3.32. The van der Waals surface area contributed by atoms with Crippen molar-refractivity contribution < 1.29 is 19.3 Å². The van der Waals surface area contributed by atoms with Crippen LogP contribution in [0.5, 0.6) is 0 Å². The summed E-state index contributed by atoms with van der Waals surface area (Å²) in [5.41, 5.74) is 0.215.